The summed E-state index contributed by atoms with van der Waals surface area (Å²) >= 11 is 26.9. The standard InChI is InChI=1S/C33H37Cl4N3O3S/c1-3-5-7-8-9-10-11-21-12-15-28(43-16-6-4-2)29(17-21)44-31-32(38-27-20-23(41)13-14-24(27)35)39-40(33(31)42)30-25(36)18-22(34)19-26(30)37/h12-15,17-20,31,41H,3-11,16H2,1-2H3,(H,38,39). The van der Waals surface area contributed by atoms with Crippen molar-refractivity contribution < 1.29 is 14.6 Å². The van der Waals surface area contributed by atoms with E-state index in [4.69, 9.17) is 51.1 Å². The van der Waals surface area contributed by atoms with Crippen molar-refractivity contribution in [2.24, 2.45) is 4.99 Å². The molecule has 0 radical (unpaired) electrons. The van der Waals surface area contributed by atoms with Crippen LogP contribution in [0.5, 0.6) is 11.5 Å². The third-order valence-corrected chi connectivity index (χ3v) is 9.47. The Kier molecular flexibility index (Phi) is 13.2. The van der Waals surface area contributed by atoms with Gasteiger partial charge in [-0.25, -0.2) is 10.0 Å². The fourth-order valence-corrected chi connectivity index (χ4v) is 7.05. The fraction of sp³-hybridized carbons (Fsp3) is 0.394. The number of aryl methyl sites for hydroxylation is 1. The second-order valence-electron chi connectivity index (χ2n) is 10.6. The van der Waals surface area contributed by atoms with Crippen molar-refractivity contribution in [1.29, 1.82) is 0 Å². The highest BCUT2D eigenvalue weighted by Gasteiger charge is 2.41. The molecule has 1 heterocycles. The first-order valence-corrected chi connectivity index (χ1v) is 17.4. The zero-order valence-corrected chi connectivity index (χ0v) is 28.7. The quantitative estimate of drug-likeness (QED) is 0.155. The number of aliphatic imine (C=N–C) groups is 1. The average Bonchev–Trinajstić information content (AvgIpc) is 3.27. The van der Waals surface area contributed by atoms with E-state index in [1.807, 2.05) is 6.07 Å². The van der Waals surface area contributed by atoms with Gasteiger partial charge < -0.3 is 9.84 Å². The van der Waals surface area contributed by atoms with Crippen LogP contribution in [-0.4, -0.2) is 28.7 Å². The number of unbranched alkanes of at least 4 members (excludes halogenated alkanes) is 6. The summed E-state index contributed by atoms with van der Waals surface area (Å²) in [6.45, 7) is 4.91. The lowest BCUT2D eigenvalue weighted by Crippen LogP contribution is -2.36. The first kappa shape index (κ1) is 34.6. The number of carbonyl (C=O) groups excluding carboxylic acids is 1. The number of hydrogen-bond acceptors (Lipinski definition) is 5. The summed E-state index contributed by atoms with van der Waals surface area (Å²) < 4.78 is 6.18. The van der Waals surface area contributed by atoms with E-state index in [0.717, 1.165) is 30.6 Å². The minimum absolute atomic E-state index is 0.00284. The molecule has 1 amide bonds. The number of benzene rings is 3. The fourth-order valence-electron chi connectivity index (χ4n) is 4.77. The molecule has 0 bridgehead atoms. The molecular formula is C33H37Cl4N3O3S. The highest BCUT2D eigenvalue weighted by molar-refractivity contribution is 8.01. The molecule has 3 aromatic rings. The van der Waals surface area contributed by atoms with Crippen LogP contribution >= 0.6 is 58.2 Å². The van der Waals surface area contributed by atoms with Crippen LogP contribution < -0.4 is 15.2 Å². The maximum Gasteiger partial charge on any atom is 0.267 e. The Balaban J connectivity index is 1.69. The second-order valence-corrected chi connectivity index (χ2v) is 13.4. The molecule has 1 fully saturated rings. The maximum atomic E-state index is 14.1. The number of rotatable bonds is 15. The smallest absolute Gasteiger partial charge is 0.267 e. The number of hydrazine groups is 1. The van der Waals surface area contributed by atoms with Crippen LogP contribution in [0, 0.1) is 0 Å². The summed E-state index contributed by atoms with van der Waals surface area (Å²) in [6, 6.07) is 13.7. The number of amides is 1. The molecule has 1 aliphatic rings. The molecule has 3 aromatic carbocycles. The first-order valence-electron chi connectivity index (χ1n) is 15.0. The van der Waals surface area contributed by atoms with Crippen LogP contribution in [0.3, 0.4) is 0 Å². The molecule has 0 aliphatic carbocycles. The van der Waals surface area contributed by atoms with E-state index in [0.29, 0.717) is 33.9 Å². The number of nitrogens with zero attached hydrogens (tertiary/aromatic N) is 2. The van der Waals surface area contributed by atoms with Crippen molar-refractivity contribution in [1.82, 2.24) is 5.43 Å². The van der Waals surface area contributed by atoms with Gasteiger partial charge in [0.05, 0.1) is 32.3 Å². The summed E-state index contributed by atoms with van der Waals surface area (Å²) in [4.78, 5) is 19.6. The summed E-state index contributed by atoms with van der Waals surface area (Å²) in [6.07, 6.45) is 10.1. The number of thioether (sulfide) groups is 1. The maximum absolute atomic E-state index is 14.1. The van der Waals surface area contributed by atoms with Crippen molar-refractivity contribution in [2.45, 2.75) is 81.8 Å². The van der Waals surface area contributed by atoms with Crippen molar-refractivity contribution in [3.63, 3.8) is 0 Å². The Morgan fingerprint density at radius 3 is 2.32 bits per heavy atom. The molecule has 4 rings (SSSR count). The van der Waals surface area contributed by atoms with Gasteiger partial charge in [-0.1, -0.05) is 105 Å². The molecular weight excluding hydrogens is 660 g/mol. The molecule has 1 unspecified atom stereocenters. The van der Waals surface area contributed by atoms with E-state index in [1.165, 1.54) is 78.7 Å². The molecule has 2 N–H and O–H groups in total. The average molecular weight is 698 g/mol. The van der Waals surface area contributed by atoms with Gasteiger partial charge in [0.1, 0.15) is 28.3 Å². The molecule has 1 aliphatic heterocycles. The predicted molar refractivity (Wildman–Crippen MR) is 186 cm³/mol. The lowest BCUT2D eigenvalue weighted by atomic mass is 10.0. The van der Waals surface area contributed by atoms with Crippen LogP contribution in [0.2, 0.25) is 20.1 Å². The van der Waals surface area contributed by atoms with Gasteiger partial charge in [0.15, 0.2) is 0 Å². The molecule has 44 heavy (non-hydrogen) atoms. The van der Waals surface area contributed by atoms with Crippen molar-refractivity contribution in [3.8, 4) is 11.5 Å². The van der Waals surface area contributed by atoms with Gasteiger partial charge in [-0.3, -0.25) is 10.2 Å². The van der Waals surface area contributed by atoms with E-state index in [1.54, 1.807) is 6.07 Å². The number of ether oxygens (including phenoxy) is 1. The molecule has 0 spiro atoms. The summed E-state index contributed by atoms with van der Waals surface area (Å²) in [7, 11) is 0. The number of amidine groups is 1. The number of phenols is 1. The zero-order chi connectivity index (χ0) is 31.6. The van der Waals surface area contributed by atoms with Gasteiger partial charge in [-0.15, -0.1) is 11.8 Å². The summed E-state index contributed by atoms with van der Waals surface area (Å²) in [5.74, 6) is 0.669. The SMILES string of the molecule is CCCCCCCCc1ccc(OCCCC)c(SC2C(=O)N(c3c(Cl)cc(Cl)cc3Cl)NC2=Nc2cc(O)ccc2Cl)c1. The third kappa shape index (κ3) is 9.13. The van der Waals surface area contributed by atoms with E-state index in [2.05, 4.69) is 36.4 Å². The lowest BCUT2D eigenvalue weighted by molar-refractivity contribution is -0.116. The topological polar surface area (TPSA) is 74.2 Å². The molecule has 236 valence electrons. The molecule has 1 saturated heterocycles. The van der Waals surface area contributed by atoms with E-state index in [9.17, 15) is 9.90 Å². The monoisotopic (exact) mass is 695 g/mol. The highest BCUT2D eigenvalue weighted by atomic mass is 35.5. The van der Waals surface area contributed by atoms with Gasteiger partial charge >= 0.3 is 0 Å². The normalized spacial score (nSPS) is 15.7. The number of aromatic hydroxyl groups is 1. The van der Waals surface area contributed by atoms with Crippen LogP contribution in [0.4, 0.5) is 11.4 Å². The minimum atomic E-state index is -0.825. The molecule has 0 saturated carbocycles. The number of halogens is 4. The van der Waals surface area contributed by atoms with E-state index in [-0.39, 0.29) is 27.4 Å². The number of phenolic OH excluding ortho intramolecular Hbond substituents is 1. The van der Waals surface area contributed by atoms with E-state index < -0.39 is 5.25 Å². The van der Waals surface area contributed by atoms with E-state index >= 15 is 0 Å². The number of nitrogens with one attached hydrogen (secondary N) is 1. The Bertz CT molecular complexity index is 1460. The van der Waals surface area contributed by atoms with Crippen LogP contribution in [0.15, 0.2) is 58.4 Å². The number of carbonyl (C=O) groups is 1. The van der Waals surface area contributed by atoms with Crippen LogP contribution in [0.1, 0.15) is 70.8 Å². The van der Waals surface area contributed by atoms with Crippen LogP contribution in [-0.2, 0) is 11.2 Å². The Labute approximate surface area is 284 Å². The minimum Gasteiger partial charge on any atom is -0.508 e. The van der Waals surface area contributed by atoms with Gasteiger partial charge in [0, 0.05) is 11.1 Å². The molecule has 6 nitrogen and oxygen atoms in total. The lowest BCUT2D eigenvalue weighted by Gasteiger charge is -2.19. The largest absolute Gasteiger partial charge is 0.508 e. The van der Waals surface area contributed by atoms with Crippen molar-refractivity contribution in [3.05, 3.63) is 74.2 Å². The number of hydrogen-bond donors (Lipinski definition) is 2. The summed E-state index contributed by atoms with van der Waals surface area (Å²) in [5.41, 5.74) is 4.83. The highest BCUT2D eigenvalue weighted by Crippen LogP contribution is 2.42. The van der Waals surface area contributed by atoms with Gasteiger partial charge in [0.2, 0.25) is 0 Å². The number of anilines is 1. The second kappa shape index (κ2) is 16.9. The zero-order valence-electron chi connectivity index (χ0n) is 24.8. The third-order valence-electron chi connectivity index (χ3n) is 7.12. The van der Waals surface area contributed by atoms with Gasteiger partial charge in [0.25, 0.3) is 5.91 Å². The van der Waals surface area contributed by atoms with Crippen LogP contribution in [0.25, 0.3) is 0 Å². The molecule has 1 atom stereocenters. The van der Waals surface area contributed by atoms with Crippen molar-refractivity contribution in [2.75, 3.05) is 11.6 Å². The molecule has 11 heteroatoms. The van der Waals surface area contributed by atoms with Gasteiger partial charge in [-0.2, -0.15) is 0 Å². The first-order chi connectivity index (χ1) is 21.2. The Morgan fingerprint density at radius 1 is 0.886 bits per heavy atom. The Morgan fingerprint density at radius 2 is 1.59 bits per heavy atom. The Hall–Kier alpha value is -2.29. The summed E-state index contributed by atoms with van der Waals surface area (Å²) in [5, 5.41) is 11.6. The molecule has 0 aromatic heterocycles. The predicted octanol–water partition coefficient (Wildman–Crippen LogP) is 10.8. The van der Waals surface area contributed by atoms with Gasteiger partial charge in [-0.05, 0) is 61.2 Å². The van der Waals surface area contributed by atoms with Crippen molar-refractivity contribution >= 4 is 81.3 Å².